The highest BCUT2D eigenvalue weighted by molar-refractivity contribution is 5.73. The van der Waals surface area contributed by atoms with Crippen molar-refractivity contribution in [2.24, 2.45) is 0 Å². The number of amides is 2. The van der Waals surface area contributed by atoms with Gasteiger partial charge in [-0.3, -0.25) is 0 Å². The lowest BCUT2D eigenvalue weighted by atomic mass is 10.1. The van der Waals surface area contributed by atoms with Crippen molar-refractivity contribution in [1.82, 2.24) is 20.0 Å². The summed E-state index contributed by atoms with van der Waals surface area (Å²) in [6.07, 6.45) is 4.54. The number of fused-ring (bicyclic) bond motifs is 1. The second kappa shape index (κ2) is 7.53. The van der Waals surface area contributed by atoms with Crippen LogP contribution in [0.2, 0.25) is 0 Å². The lowest BCUT2D eigenvalue weighted by Gasteiger charge is -2.19. The molecule has 1 N–H and O–H groups in total. The second-order valence-electron chi connectivity index (χ2n) is 6.72. The zero-order chi connectivity index (χ0) is 18.6. The second-order valence-corrected chi connectivity index (χ2v) is 6.72. The molecule has 2 amide bonds. The van der Waals surface area contributed by atoms with Crippen LogP contribution < -0.4 is 10.1 Å². The summed E-state index contributed by atoms with van der Waals surface area (Å²) in [5.41, 5.74) is 3.16. The molecule has 1 aliphatic heterocycles. The Hall–Kier alpha value is -3.28. The minimum absolute atomic E-state index is 0.0134. The van der Waals surface area contributed by atoms with E-state index in [1.54, 1.807) is 18.1 Å². The largest absolute Gasteiger partial charge is 0.488 e. The van der Waals surface area contributed by atoms with Gasteiger partial charge in [-0.2, -0.15) is 5.10 Å². The van der Waals surface area contributed by atoms with Gasteiger partial charge < -0.3 is 15.0 Å². The summed E-state index contributed by atoms with van der Waals surface area (Å²) in [4.78, 5) is 14.0. The topological polar surface area (TPSA) is 59.4 Å². The molecule has 0 unspecified atom stereocenters. The van der Waals surface area contributed by atoms with Crippen molar-refractivity contribution in [3.8, 4) is 11.4 Å². The summed E-state index contributed by atoms with van der Waals surface area (Å²) >= 11 is 0. The maximum absolute atomic E-state index is 12.4. The molecule has 0 aliphatic carbocycles. The van der Waals surface area contributed by atoms with Crippen LogP contribution in [0.1, 0.15) is 11.1 Å². The summed E-state index contributed by atoms with van der Waals surface area (Å²) in [7, 11) is 1.78. The Balaban J connectivity index is 1.28. The van der Waals surface area contributed by atoms with Crippen LogP contribution in [-0.4, -0.2) is 40.4 Å². The van der Waals surface area contributed by atoms with Gasteiger partial charge in [-0.05, 0) is 23.8 Å². The fraction of sp³-hybridized carbons (Fsp3) is 0.238. The number of carbonyl (C=O) groups is 1. The number of hydrogen-bond acceptors (Lipinski definition) is 3. The number of carbonyl (C=O) groups excluding carboxylic acids is 1. The predicted octanol–water partition coefficient (Wildman–Crippen LogP) is 3.02. The standard InChI is InChI=1S/C21H22N4O2/c1-24(14-16-12-23-25(15-16)18-8-3-2-4-9-18)21(26)22-13-19-11-17-7-5-6-10-20(17)27-19/h2-10,12,15,19H,11,13-14H2,1H3,(H,22,26)/t19-/m1/s1. The first kappa shape index (κ1) is 17.1. The maximum atomic E-state index is 12.4. The van der Waals surface area contributed by atoms with Crippen LogP contribution >= 0.6 is 0 Å². The molecule has 0 spiro atoms. The van der Waals surface area contributed by atoms with E-state index in [2.05, 4.69) is 16.5 Å². The molecule has 6 heteroatoms. The quantitative estimate of drug-likeness (QED) is 0.759. The first-order valence-electron chi connectivity index (χ1n) is 9.01. The van der Waals surface area contributed by atoms with Crippen LogP contribution in [-0.2, 0) is 13.0 Å². The van der Waals surface area contributed by atoms with Gasteiger partial charge in [0.15, 0.2) is 0 Å². The lowest BCUT2D eigenvalue weighted by Crippen LogP contribution is -2.41. The molecule has 1 aromatic heterocycles. The van der Waals surface area contributed by atoms with Crippen LogP contribution in [0, 0.1) is 0 Å². The van der Waals surface area contributed by atoms with Crippen LogP contribution in [0.25, 0.3) is 5.69 Å². The third-order valence-corrected chi connectivity index (χ3v) is 4.62. The summed E-state index contributed by atoms with van der Waals surface area (Å²) in [5, 5.41) is 7.32. The Labute approximate surface area is 158 Å². The molecule has 1 aliphatic rings. The number of para-hydroxylation sites is 2. The SMILES string of the molecule is CN(Cc1cnn(-c2ccccc2)c1)C(=O)NC[C@H]1Cc2ccccc2O1. The van der Waals surface area contributed by atoms with Crippen LogP contribution in [0.15, 0.2) is 67.0 Å². The molecule has 4 rings (SSSR count). The zero-order valence-electron chi connectivity index (χ0n) is 15.2. The molecular weight excluding hydrogens is 340 g/mol. The number of rotatable bonds is 5. The van der Waals surface area contributed by atoms with Gasteiger partial charge in [0.05, 0.1) is 25.0 Å². The van der Waals surface area contributed by atoms with Gasteiger partial charge in [-0.25, -0.2) is 9.48 Å². The van der Waals surface area contributed by atoms with E-state index in [0.29, 0.717) is 13.1 Å². The molecule has 1 atom stereocenters. The lowest BCUT2D eigenvalue weighted by molar-refractivity contribution is 0.191. The normalized spacial score (nSPS) is 15.1. The third-order valence-electron chi connectivity index (χ3n) is 4.62. The summed E-state index contributed by atoms with van der Waals surface area (Å²) in [6, 6.07) is 17.8. The summed E-state index contributed by atoms with van der Waals surface area (Å²) in [5.74, 6) is 0.915. The van der Waals surface area contributed by atoms with Crippen LogP contribution in [0.5, 0.6) is 5.75 Å². The van der Waals surface area contributed by atoms with Gasteiger partial charge in [0.2, 0.25) is 0 Å². The van der Waals surface area contributed by atoms with Gasteiger partial charge in [0.1, 0.15) is 11.9 Å². The van der Waals surface area contributed by atoms with Gasteiger partial charge in [0, 0.05) is 25.2 Å². The smallest absolute Gasteiger partial charge is 0.317 e. The monoisotopic (exact) mass is 362 g/mol. The number of nitrogens with zero attached hydrogens (tertiary/aromatic N) is 3. The van der Waals surface area contributed by atoms with E-state index in [0.717, 1.165) is 23.4 Å². The summed E-state index contributed by atoms with van der Waals surface area (Å²) in [6.45, 7) is 0.978. The molecule has 0 bridgehead atoms. The predicted molar refractivity (Wildman–Crippen MR) is 103 cm³/mol. The molecule has 0 saturated heterocycles. The van der Waals surface area contributed by atoms with Gasteiger partial charge in [0.25, 0.3) is 0 Å². The van der Waals surface area contributed by atoms with E-state index in [1.807, 2.05) is 59.4 Å². The fourth-order valence-electron chi connectivity index (χ4n) is 3.21. The van der Waals surface area contributed by atoms with E-state index < -0.39 is 0 Å². The van der Waals surface area contributed by atoms with E-state index in [9.17, 15) is 4.79 Å². The molecule has 138 valence electrons. The molecule has 6 nitrogen and oxygen atoms in total. The Bertz CT molecular complexity index is 898. The van der Waals surface area contributed by atoms with E-state index in [-0.39, 0.29) is 12.1 Å². The number of ether oxygens (including phenoxy) is 1. The molecule has 27 heavy (non-hydrogen) atoms. The van der Waals surface area contributed by atoms with Crippen LogP contribution in [0.3, 0.4) is 0 Å². The number of hydrogen-bond donors (Lipinski definition) is 1. The van der Waals surface area contributed by atoms with Gasteiger partial charge in [-0.15, -0.1) is 0 Å². The Morgan fingerprint density at radius 2 is 2.00 bits per heavy atom. The number of urea groups is 1. The minimum Gasteiger partial charge on any atom is -0.488 e. The first-order valence-corrected chi connectivity index (χ1v) is 9.01. The van der Waals surface area contributed by atoms with E-state index in [1.165, 1.54) is 5.56 Å². The molecule has 0 saturated carbocycles. The Kier molecular flexibility index (Phi) is 4.78. The average Bonchev–Trinajstić information content (AvgIpc) is 3.33. The highest BCUT2D eigenvalue weighted by Gasteiger charge is 2.23. The number of aromatic nitrogens is 2. The third kappa shape index (κ3) is 3.95. The van der Waals surface area contributed by atoms with Crippen molar-refractivity contribution < 1.29 is 9.53 Å². The van der Waals surface area contributed by atoms with Gasteiger partial charge in [-0.1, -0.05) is 36.4 Å². The van der Waals surface area contributed by atoms with Crippen molar-refractivity contribution in [2.75, 3.05) is 13.6 Å². The van der Waals surface area contributed by atoms with Crippen molar-refractivity contribution in [2.45, 2.75) is 19.1 Å². The highest BCUT2D eigenvalue weighted by atomic mass is 16.5. The average molecular weight is 362 g/mol. The van der Waals surface area contributed by atoms with Gasteiger partial charge >= 0.3 is 6.03 Å². The highest BCUT2D eigenvalue weighted by Crippen LogP contribution is 2.27. The first-order chi connectivity index (χ1) is 13.2. The maximum Gasteiger partial charge on any atom is 0.317 e. The molecule has 0 radical (unpaired) electrons. The van der Waals surface area contributed by atoms with Crippen molar-refractivity contribution in [3.05, 3.63) is 78.1 Å². The number of benzene rings is 2. The molecule has 3 aromatic rings. The minimum atomic E-state index is -0.123. The Morgan fingerprint density at radius 1 is 1.22 bits per heavy atom. The van der Waals surface area contributed by atoms with E-state index >= 15 is 0 Å². The fourth-order valence-corrected chi connectivity index (χ4v) is 3.21. The molecule has 2 heterocycles. The van der Waals surface area contributed by atoms with Crippen molar-refractivity contribution >= 4 is 6.03 Å². The number of nitrogens with one attached hydrogen (secondary N) is 1. The van der Waals surface area contributed by atoms with Crippen LogP contribution in [0.4, 0.5) is 4.79 Å². The summed E-state index contributed by atoms with van der Waals surface area (Å²) < 4.78 is 7.67. The molecular formula is C21H22N4O2. The molecule has 0 fully saturated rings. The molecule has 2 aromatic carbocycles. The van der Waals surface area contributed by atoms with Crippen molar-refractivity contribution in [1.29, 1.82) is 0 Å². The Morgan fingerprint density at radius 3 is 2.81 bits per heavy atom. The zero-order valence-corrected chi connectivity index (χ0v) is 15.2. The van der Waals surface area contributed by atoms with E-state index in [4.69, 9.17) is 4.74 Å². The van der Waals surface area contributed by atoms with Crippen molar-refractivity contribution in [3.63, 3.8) is 0 Å².